The van der Waals surface area contributed by atoms with Crippen LogP contribution in [0.1, 0.15) is 31.9 Å². The Morgan fingerprint density at radius 3 is 2.90 bits per heavy atom. The maximum atomic E-state index is 11.2. The fraction of sp³-hybridized carbons (Fsp3) is 0.438. The molecule has 0 aliphatic heterocycles. The highest BCUT2D eigenvalue weighted by Gasteiger charge is 2.16. The number of fused-ring (bicyclic) bond motifs is 1. The van der Waals surface area contributed by atoms with Crippen LogP contribution in [-0.2, 0) is 11.3 Å². The first-order chi connectivity index (χ1) is 10.1. The number of aliphatic carboxylic acids is 1. The SMILES string of the molecule is CCCC[C@H](NCc1cc2cc(OC)ccc2o1)C(=O)O. The van der Waals surface area contributed by atoms with Crippen molar-refractivity contribution in [2.24, 2.45) is 0 Å². The van der Waals surface area contributed by atoms with E-state index < -0.39 is 12.0 Å². The molecular weight excluding hydrogens is 270 g/mol. The number of carbonyl (C=O) groups is 1. The molecule has 1 aromatic carbocycles. The normalized spacial score (nSPS) is 12.5. The third-order valence-electron chi connectivity index (χ3n) is 3.44. The van der Waals surface area contributed by atoms with Gasteiger partial charge in [0.05, 0.1) is 13.7 Å². The van der Waals surface area contributed by atoms with E-state index in [0.29, 0.717) is 13.0 Å². The Morgan fingerprint density at radius 2 is 2.24 bits per heavy atom. The van der Waals surface area contributed by atoms with E-state index in [1.807, 2.05) is 31.2 Å². The van der Waals surface area contributed by atoms with Gasteiger partial charge in [0.2, 0.25) is 0 Å². The van der Waals surface area contributed by atoms with Crippen molar-refractivity contribution in [1.29, 1.82) is 0 Å². The lowest BCUT2D eigenvalue weighted by molar-refractivity contribution is -0.139. The van der Waals surface area contributed by atoms with Crippen molar-refractivity contribution in [3.63, 3.8) is 0 Å². The van der Waals surface area contributed by atoms with E-state index in [2.05, 4.69) is 5.32 Å². The topological polar surface area (TPSA) is 71.7 Å². The molecule has 0 bridgehead atoms. The van der Waals surface area contributed by atoms with Crippen LogP contribution in [0, 0.1) is 0 Å². The number of unbranched alkanes of at least 4 members (excludes halogenated alkanes) is 1. The lowest BCUT2D eigenvalue weighted by atomic mass is 10.1. The van der Waals surface area contributed by atoms with Gasteiger partial charge >= 0.3 is 5.97 Å². The van der Waals surface area contributed by atoms with Crippen molar-refractivity contribution < 1.29 is 19.1 Å². The van der Waals surface area contributed by atoms with Crippen LogP contribution in [0.4, 0.5) is 0 Å². The molecule has 2 rings (SSSR count). The summed E-state index contributed by atoms with van der Waals surface area (Å²) in [7, 11) is 1.62. The number of nitrogens with one attached hydrogen (secondary N) is 1. The number of rotatable bonds is 8. The number of carboxylic acid groups (broad SMARTS) is 1. The fourth-order valence-electron chi connectivity index (χ4n) is 2.24. The van der Waals surface area contributed by atoms with Crippen LogP contribution in [-0.4, -0.2) is 24.2 Å². The summed E-state index contributed by atoms with van der Waals surface area (Å²) in [6.45, 7) is 2.45. The fourth-order valence-corrected chi connectivity index (χ4v) is 2.24. The van der Waals surface area contributed by atoms with Gasteiger partial charge in [-0.3, -0.25) is 10.1 Å². The Labute approximate surface area is 123 Å². The predicted molar refractivity (Wildman–Crippen MR) is 80.6 cm³/mol. The van der Waals surface area contributed by atoms with Gasteiger partial charge < -0.3 is 14.3 Å². The Balaban J connectivity index is 2.03. The van der Waals surface area contributed by atoms with Crippen molar-refractivity contribution in [2.45, 2.75) is 38.8 Å². The molecule has 0 saturated carbocycles. The summed E-state index contributed by atoms with van der Waals surface area (Å²) in [5, 5.41) is 13.2. The smallest absolute Gasteiger partial charge is 0.320 e. The van der Waals surface area contributed by atoms with Crippen molar-refractivity contribution in [3.05, 3.63) is 30.0 Å². The minimum Gasteiger partial charge on any atom is -0.497 e. The van der Waals surface area contributed by atoms with Crippen LogP contribution in [0.25, 0.3) is 11.0 Å². The van der Waals surface area contributed by atoms with Gasteiger partial charge in [-0.2, -0.15) is 0 Å². The standard InChI is InChI=1S/C16H21NO4/c1-3-4-5-14(16(18)19)17-10-13-9-11-8-12(20-2)6-7-15(11)21-13/h6-9,14,17H,3-5,10H2,1-2H3,(H,18,19)/t14-/m0/s1. The van der Waals surface area contributed by atoms with Crippen LogP contribution in [0.3, 0.4) is 0 Å². The molecule has 21 heavy (non-hydrogen) atoms. The van der Waals surface area contributed by atoms with Crippen molar-refractivity contribution in [3.8, 4) is 5.75 Å². The Hall–Kier alpha value is -2.01. The first-order valence-electron chi connectivity index (χ1n) is 7.16. The molecule has 2 N–H and O–H groups in total. The average Bonchev–Trinajstić information content (AvgIpc) is 2.88. The van der Waals surface area contributed by atoms with Gasteiger partial charge in [0.25, 0.3) is 0 Å². The number of benzene rings is 1. The monoisotopic (exact) mass is 291 g/mol. The summed E-state index contributed by atoms with van der Waals surface area (Å²) >= 11 is 0. The summed E-state index contributed by atoms with van der Waals surface area (Å²) in [6.07, 6.45) is 2.50. The molecule has 0 unspecified atom stereocenters. The summed E-state index contributed by atoms with van der Waals surface area (Å²) in [5.41, 5.74) is 0.771. The minimum atomic E-state index is -0.818. The molecule has 114 valence electrons. The zero-order chi connectivity index (χ0) is 15.2. The summed E-state index contributed by atoms with van der Waals surface area (Å²) in [5.74, 6) is 0.677. The molecule has 1 atom stereocenters. The van der Waals surface area contributed by atoms with Gasteiger partial charge in [-0.1, -0.05) is 19.8 Å². The predicted octanol–water partition coefficient (Wildman–Crippen LogP) is 3.17. The second-order valence-electron chi connectivity index (χ2n) is 5.03. The second kappa shape index (κ2) is 7.13. The third-order valence-corrected chi connectivity index (χ3v) is 3.44. The van der Waals surface area contributed by atoms with E-state index in [9.17, 15) is 9.90 Å². The van der Waals surface area contributed by atoms with E-state index in [1.165, 1.54) is 0 Å². The van der Waals surface area contributed by atoms with E-state index in [4.69, 9.17) is 9.15 Å². The average molecular weight is 291 g/mol. The molecule has 2 aromatic rings. The lowest BCUT2D eigenvalue weighted by Crippen LogP contribution is -2.36. The van der Waals surface area contributed by atoms with Crippen LogP contribution in [0.15, 0.2) is 28.7 Å². The zero-order valence-corrected chi connectivity index (χ0v) is 12.4. The number of ether oxygens (including phenoxy) is 1. The largest absolute Gasteiger partial charge is 0.497 e. The number of carboxylic acids is 1. The van der Waals surface area contributed by atoms with Gasteiger partial charge in [0.1, 0.15) is 23.1 Å². The minimum absolute atomic E-state index is 0.400. The summed E-state index contributed by atoms with van der Waals surface area (Å²) < 4.78 is 10.9. The maximum absolute atomic E-state index is 11.2. The number of hydrogen-bond donors (Lipinski definition) is 2. The lowest BCUT2D eigenvalue weighted by Gasteiger charge is -2.12. The van der Waals surface area contributed by atoms with Crippen molar-refractivity contribution >= 4 is 16.9 Å². The van der Waals surface area contributed by atoms with Gasteiger partial charge in [-0.25, -0.2) is 0 Å². The van der Waals surface area contributed by atoms with Gasteiger partial charge in [0, 0.05) is 5.39 Å². The van der Waals surface area contributed by atoms with Crippen LogP contribution in [0.5, 0.6) is 5.75 Å². The van der Waals surface area contributed by atoms with Crippen LogP contribution >= 0.6 is 0 Å². The highest BCUT2D eigenvalue weighted by Crippen LogP contribution is 2.24. The number of furan rings is 1. The third kappa shape index (κ3) is 3.98. The summed E-state index contributed by atoms with van der Waals surface area (Å²) in [4.78, 5) is 11.2. The maximum Gasteiger partial charge on any atom is 0.320 e. The first-order valence-corrected chi connectivity index (χ1v) is 7.16. The molecular formula is C16H21NO4. The van der Waals surface area contributed by atoms with Gasteiger partial charge in [-0.15, -0.1) is 0 Å². The van der Waals surface area contributed by atoms with Crippen molar-refractivity contribution in [1.82, 2.24) is 5.32 Å². The molecule has 1 heterocycles. The number of hydrogen-bond acceptors (Lipinski definition) is 4. The molecule has 0 fully saturated rings. The second-order valence-corrected chi connectivity index (χ2v) is 5.03. The Bertz CT molecular complexity index is 605. The quantitative estimate of drug-likeness (QED) is 0.781. The molecule has 5 nitrogen and oxygen atoms in total. The molecule has 1 aromatic heterocycles. The zero-order valence-electron chi connectivity index (χ0n) is 12.4. The number of methoxy groups -OCH3 is 1. The molecule has 0 radical (unpaired) electrons. The van der Waals surface area contributed by atoms with Crippen LogP contribution < -0.4 is 10.1 Å². The molecule has 0 aliphatic rings. The molecule has 0 amide bonds. The van der Waals surface area contributed by atoms with E-state index in [-0.39, 0.29) is 0 Å². The first kappa shape index (κ1) is 15.4. The highest BCUT2D eigenvalue weighted by atomic mass is 16.5. The molecule has 0 aliphatic carbocycles. The Morgan fingerprint density at radius 1 is 1.43 bits per heavy atom. The molecule has 5 heteroatoms. The van der Waals surface area contributed by atoms with Crippen molar-refractivity contribution in [2.75, 3.05) is 7.11 Å². The summed E-state index contributed by atoms with van der Waals surface area (Å²) in [6, 6.07) is 6.96. The molecule has 0 saturated heterocycles. The van der Waals surface area contributed by atoms with Gasteiger partial charge in [-0.05, 0) is 30.7 Å². The van der Waals surface area contributed by atoms with Gasteiger partial charge in [0.15, 0.2) is 0 Å². The highest BCUT2D eigenvalue weighted by molar-refractivity contribution is 5.79. The van der Waals surface area contributed by atoms with Crippen LogP contribution in [0.2, 0.25) is 0 Å². The van der Waals surface area contributed by atoms with E-state index in [0.717, 1.165) is 35.3 Å². The molecule has 0 spiro atoms. The Kier molecular flexibility index (Phi) is 5.22. The van der Waals surface area contributed by atoms with E-state index in [1.54, 1.807) is 7.11 Å². The van der Waals surface area contributed by atoms with E-state index >= 15 is 0 Å².